The first-order chi connectivity index (χ1) is 10.6. The lowest BCUT2D eigenvalue weighted by Crippen LogP contribution is -2.33. The van der Waals surface area contributed by atoms with Crippen LogP contribution >= 0.6 is 11.6 Å². The number of H-pyrrole nitrogens is 1. The Labute approximate surface area is 133 Å². The predicted molar refractivity (Wildman–Crippen MR) is 89.0 cm³/mol. The number of nitrogens with zero attached hydrogens (tertiary/aromatic N) is 1. The molecule has 4 heteroatoms. The maximum Gasteiger partial charge on any atom is 0.0939 e. The molecule has 1 saturated carbocycles. The quantitative estimate of drug-likeness (QED) is 0.728. The molecule has 4 rings (SSSR count). The van der Waals surface area contributed by atoms with Crippen molar-refractivity contribution in [2.45, 2.75) is 31.8 Å². The number of aromatic nitrogens is 2. The van der Waals surface area contributed by atoms with Gasteiger partial charge in [-0.05, 0) is 43.4 Å². The molecule has 22 heavy (non-hydrogen) atoms. The number of benzene rings is 2. The zero-order valence-corrected chi connectivity index (χ0v) is 13.1. The Morgan fingerprint density at radius 1 is 1.14 bits per heavy atom. The van der Waals surface area contributed by atoms with Crippen LogP contribution in [-0.4, -0.2) is 15.3 Å². The zero-order chi connectivity index (χ0) is 15.3. The molecule has 2 aromatic carbocycles. The molecule has 1 fully saturated rings. The van der Waals surface area contributed by atoms with E-state index in [0.29, 0.717) is 0 Å². The van der Waals surface area contributed by atoms with E-state index in [1.54, 1.807) is 0 Å². The van der Waals surface area contributed by atoms with Crippen LogP contribution in [0.5, 0.6) is 0 Å². The molecule has 3 aromatic rings. The molecule has 1 aromatic heterocycles. The van der Waals surface area contributed by atoms with Gasteiger partial charge in [0.2, 0.25) is 0 Å². The van der Waals surface area contributed by atoms with Gasteiger partial charge in [0.25, 0.3) is 0 Å². The molecule has 3 nitrogen and oxygen atoms in total. The van der Waals surface area contributed by atoms with Crippen molar-refractivity contribution in [3.8, 4) is 11.1 Å². The first-order valence-electron chi connectivity index (χ1n) is 7.55. The molecule has 0 bridgehead atoms. The van der Waals surface area contributed by atoms with E-state index in [-0.39, 0.29) is 0 Å². The first kappa shape index (κ1) is 13.8. The highest BCUT2D eigenvalue weighted by molar-refractivity contribution is 6.38. The summed E-state index contributed by atoms with van der Waals surface area (Å²) in [4.78, 5) is 0. The molecular weight excluding hydrogens is 296 g/mol. The van der Waals surface area contributed by atoms with E-state index in [9.17, 15) is 5.11 Å². The van der Waals surface area contributed by atoms with E-state index < -0.39 is 5.60 Å². The summed E-state index contributed by atoms with van der Waals surface area (Å²) in [7, 11) is 0. The Hall–Kier alpha value is -1.84. The number of aliphatic hydroxyl groups is 1. The molecular formula is C18H17ClN2O. The van der Waals surface area contributed by atoms with Gasteiger partial charge in [-0.2, -0.15) is 5.10 Å². The first-order valence-corrected chi connectivity index (χ1v) is 7.93. The summed E-state index contributed by atoms with van der Waals surface area (Å²) in [5.41, 5.74) is 4.28. The van der Waals surface area contributed by atoms with E-state index in [1.807, 2.05) is 43.3 Å². The summed E-state index contributed by atoms with van der Waals surface area (Å²) < 4.78 is 0. The maximum absolute atomic E-state index is 10.4. The van der Waals surface area contributed by atoms with Gasteiger partial charge in [-0.3, -0.25) is 5.10 Å². The van der Waals surface area contributed by atoms with Crippen molar-refractivity contribution < 1.29 is 5.11 Å². The number of aromatic amines is 1. The predicted octanol–water partition coefficient (Wildman–Crippen LogP) is 4.56. The molecule has 0 unspecified atom stereocenters. The molecule has 1 heterocycles. The largest absolute Gasteiger partial charge is 0.385 e. The van der Waals surface area contributed by atoms with Gasteiger partial charge in [-0.15, -0.1) is 0 Å². The van der Waals surface area contributed by atoms with E-state index >= 15 is 0 Å². The van der Waals surface area contributed by atoms with Crippen molar-refractivity contribution in [2.24, 2.45) is 0 Å². The van der Waals surface area contributed by atoms with Crippen LogP contribution in [0.2, 0.25) is 5.02 Å². The second kappa shape index (κ2) is 4.83. The summed E-state index contributed by atoms with van der Waals surface area (Å²) in [5.74, 6) is 0. The number of halogens is 1. The highest BCUT2D eigenvalue weighted by atomic mass is 35.5. The number of nitrogens with one attached hydrogen (secondary N) is 1. The average Bonchev–Trinajstić information content (AvgIpc) is 2.88. The van der Waals surface area contributed by atoms with Crippen LogP contribution in [0.25, 0.3) is 22.0 Å². The summed E-state index contributed by atoms with van der Waals surface area (Å²) in [6, 6.07) is 12.1. The van der Waals surface area contributed by atoms with Gasteiger partial charge in [0.05, 0.1) is 16.1 Å². The van der Waals surface area contributed by atoms with Gasteiger partial charge in [0.1, 0.15) is 0 Å². The topological polar surface area (TPSA) is 48.9 Å². The lowest BCUT2D eigenvalue weighted by molar-refractivity contribution is -0.0387. The molecule has 0 amide bonds. The fourth-order valence-corrected chi connectivity index (χ4v) is 3.61. The van der Waals surface area contributed by atoms with Gasteiger partial charge in [0, 0.05) is 16.6 Å². The van der Waals surface area contributed by atoms with Crippen molar-refractivity contribution >= 4 is 22.5 Å². The van der Waals surface area contributed by atoms with Crippen LogP contribution in [0.3, 0.4) is 0 Å². The summed E-state index contributed by atoms with van der Waals surface area (Å²) in [6.45, 7) is 1.97. The highest BCUT2D eigenvalue weighted by Gasteiger charge is 2.35. The third-order valence-corrected chi connectivity index (χ3v) is 5.15. The van der Waals surface area contributed by atoms with Crippen LogP contribution in [0, 0.1) is 6.92 Å². The van der Waals surface area contributed by atoms with Gasteiger partial charge < -0.3 is 5.11 Å². The van der Waals surface area contributed by atoms with E-state index in [2.05, 4.69) is 10.2 Å². The average molecular weight is 313 g/mol. The normalized spacial score (nSPS) is 16.7. The lowest BCUT2D eigenvalue weighted by atomic mass is 9.75. The molecule has 0 saturated heterocycles. The molecule has 0 spiro atoms. The Balaban J connectivity index is 1.78. The number of rotatable bonds is 2. The molecule has 1 aliphatic carbocycles. The number of fused-ring (bicyclic) bond motifs is 1. The van der Waals surface area contributed by atoms with E-state index in [1.165, 1.54) is 0 Å². The smallest absolute Gasteiger partial charge is 0.0939 e. The van der Waals surface area contributed by atoms with Crippen LogP contribution in [0.4, 0.5) is 0 Å². The molecule has 0 atom stereocenters. The Morgan fingerprint density at radius 3 is 2.50 bits per heavy atom. The second-order valence-corrected chi connectivity index (χ2v) is 6.51. The third kappa shape index (κ3) is 1.97. The molecule has 0 radical (unpaired) electrons. The van der Waals surface area contributed by atoms with Crippen molar-refractivity contribution in [3.05, 3.63) is 52.7 Å². The van der Waals surface area contributed by atoms with Gasteiger partial charge in [-0.25, -0.2) is 0 Å². The highest BCUT2D eigenvalue weighted by Crippen LogP contribution is 2.42. The Bertz CT molecular complexity index is 847. The van der Waals surface area contributed by atoms with Gasteiger partial charge in [-0.1, -0.05) is 41.9 Å². The Morgan fingerprint density at radius 2 is 1.86 bits per heavy atom. The fraction of sp³-hybridized carbons (Fsp3) is 0.278. The van der Waals surface area contributed by atoms with Crippen molar-refractivity contribution in [1.82, 2.24) is 10.2 Å². The number of hydrogen-bond acceptors (Lipinski definition) is 2. The minimum Gasteiger partial charge on any atom is -0.385 e. The molecule has 112 valence electrons. The summed E-state index contributed by atoms with van der Waals surface area (Å²) in [5, 5.41) is 19.3. The molecule has 2 N–H and O–H groups in total. The molecule has 1 aliphatic rings. The van der Waals surface area contributed by atoms with Crippen molar-refractivity contribution in [2.75, 3.05) is 0 Å². The standard InChI is InChI=1S/C18H17ClN2O/c1-11-16-15(21-20-11)8-7-14(17(16)19)12-3-5-13(6-4-12)18(22)9-2-10-18/h3-8,22H,2,9-10H2,1H3,(H,20,21). The van der Waals surface area contributed by atoms with E-state index in [0.717, 1.165) is 57.6 Å². The van der Waals surface area contributed by atoms with E-state index in [4.69, 9.17) is 11.6 Å². The molecule has 0 aliphatic heterocycles. The fourth-order valence-electron chi connectivity index (χ4n) is 3.20. The minimum atomic E-state index is -0.618. The Kier molecular flexibility index (Phi) is 3.03. The SMILES string of the molecule is Cc1[nH]nc2ccc(-c3ccc(C4(O)CCC4)cc3)c(Cl)c12. The van der Waals surface area contributed by atoms with Crippen molar-refractivity contribution in [1.29, 1.82) is 0 Å². The van der Waals surface area contributed by atoms with Crippen molar-refractivity contribution in [3.63, 3.8) is 0 Å². The van der Waals surface area contributed by atoms with Crippen LogP contribution in [0.15, 0.2) is 36.4 Å². The minimum absolute atomic E-state index is 0.618. The third-order valence-electron chi connectivity index (χ3n) is 4.75. The number of hydrogen-bond donors (Lipinski definition) is 2. The summed E-state index contributed by atoms with van der Waals surface area (Å²) >= 11 is 6.58. The number of aryl methyl sites for hydroxylation is 1. The lowest BCUT2D eigenvalue weighted by Gasteiger charge is -2.37. The summed E-state index contributed by atoms with van der Waals surface area (Å²) in [6.07, 6.45) is 2.81. The van der Waals surface area contributed by atoms with Gasteiger partial charge in [0.15, 0.2) is 0 Å². The van der Waals surface area contributed by atoms with Gasteiger partial charge >= 0.3 is 0 Å². The zero-order valence-electron chi connectivity index (χ0n) is 12.4. The maximum atomic E-state index is 10.4. The second-order valence-electron chi connectivity index (χ2n) is 6.13. The monoisotopic (exact) mass is 312 g/mol. The van der Waals surface area contributed by atoms with Crippen LogP contribution in [0.1, 0.15) is 30.5 Å². The van der Waals surface area contributed by atoms with Crippen LogP contribution < -0.4 is 0 Å². The van der Waals surface area contributed by atoms with Crippen LogP contribution in [-0.2, 0) is 5.60 Å².